The van der Waals surface area contributed by atoms with Crippen molar-refractivity contribution >= 4 is 5.97 Å². The zero-order chi connectivity index (χ0) is 17.3. The SMILES string of the molecule is CCCCCCCCCCCCCCCC(=O)OCc1ccco1. The van der Waals surface area contributed by atoms with E-state index in [1.165, 1.54) is 70.6 Å². The number of ether oxygens (including phenoxy) is 1. The van der Waals surface area contributed by atoms with Gasteiger partial charge in [-0.15, -0.1) is 0 Å². The minimum atomic E-state index is -0.116. The van der Waals surface area contributed by atoms with Gasteiger partial charge in [0.25, 0.3) is 0 Å². The molecule has 1 aromatic heterocycles. The summed E-state index contributed by atoms with van der Waals surface area (Å²) in [6, 6.07) is 3.62. The lowest BCUT2D eigenvalue weighted by molar-refractivity contribution is -0.145. The molecule has 24 heavy (non-hydrogen) atoms. The third-order valence-electron chi connectivity index (χ3n) is 4.44. The monoisotopic (exact) mass is 336 g/mol. The van der Waals surface area contributed by atoms with Crippen LogP contribution in [0.2, 0.25) is 0 Å². The van der Waals surface area contributed by atoms with Crippen molar-refractivity contribution < 1.29 is 13.9 Å². The van der Waals surface area contributed by atoms with Crippen LogP contribution in [0, 0.1) is 0 Å². The third kappa shape index (κ3) is 12.2. The van der Waals surface area contributed by atoms with Gasteiger partial charge >= 0.3 is 5.97 Å². The van der Waals surface area contributed by atoms with Gasteiger partial charge < -0.3 is 9.15 Å². The van der Waals surface area contributed by atoms with Crippen molar-refractivity contribution in [2.75, 3.05) is 0 Å². The highest BCUT2D eigenvalue weighted by molar-refractivity contribution is 5.69. The molecule has 0 amide bonds. The van der Waals surface area contributed by atoms with Gasteiger partial charge in [-0.3, -0.25) is 4.79 Å². The van der Waals surface area contributed by atoms with E-state index in [2.05, 4.69) is 6.92 Å². The fraction of sp³-hybridized carbons (Fsp3) is 0.762. The van der Waals surface area contributed by atoms with Crippen LogP contribution in [0.25, 0.3) is 0 Å². The third-order valence-corrected chi connectivity index (χ3v) is 4.44. The molecular weight excluding hydrogens is 300 g/mol. The highest BCUT2D eigenvalue weighted by Crippen LogP contribution is 2.13. The molecule has 0 aliphatic carbocycles. The number of hydrogen-bond donors (Lipinski definition) is 0. The van der Waals surface area contributed by atoms with E-state index >= 15 is 0 Å². The average Bonchev–Trinajstić information content (AvgIpc) is 3.10. The molecule has 0 aliphatic rings. The van der Waals surface area contributed by atoms with Gasteiger partial charge in [0.2, 0.25) is 0 Å². The van der Waals surface area contributed by atoms with Crippen LogP contribution in [0.5, 0.6) is 0 Å². The van der Waals surface area contributed by atoms with Crippen molar-refractivity contribution in [2.24, 2.45) is 0 Å². The summed E-state index contributed by atoms with van der Waals surface area (Å²) in [5.41, 5.74) is 0. The van der Waals surface area contributed by atoms with E-state index in [0.29, 0.717) is 12.2 Å². The number of carbonyl (C=O) groups excluding carboxylic acids is 1. The van der Waals surface area contributed by atoms with Gasteiger partial charge in [0, 0.05) is 6.42 Å². The normalized spacial score (nSPS) is 10.9. The summed E-state index contributed by atoms with van der Waals surface area (Å²) in [4.78, 5) is 11.6. The van der Waals surface area contributed by atoms with Crippen LogP contribution in [-0.2, 0) is 16.1 Å². The van der Waals surface area contributed by atoms with Gasteiger partial charge in [0.1, 0.15) is 12.4 Å². The number of furan rings is 1. The highest BCUT2D eigenvalue weighted by atomic mass is 16.5. The number of rotatable bonds is 16. The first-order valence-corrected chi connectivity index (χ1v) is 10.0. The fourth-order valence-electron chi connectivity index (χ4n) is 2.91. The van der Waals surface area contributed by atoms with Crippen molar-refractivity contribution in [3.63, 3.8) is 0 Å². The van der Waals surface area contributed by atoms with Gasteiger partial charge in [-0.25, -0.2) is 0 Å². The van der Waals surface area contributed by atoms with E-state index in [-0.39, 0.29) is 12.6 Å². The summed E-state index contributed by atoms with van der Waals surface area (Å²) in [5, 5.41) is 0. The van der Waals surface area contributed by atoms with E-state index in [1.54, 1.807) is 12.3 Å². The van der Waals surface area contributed by atoms with E-state index in [0.717, 1.165) is 12.8 Å². The van der Waals surface area contributed by atoms with Gasteiger partial charge in [-0.1, -0.05) is 84.0 Å². The maximum Gasteiger partial charge on any atom is 0.306 e. The molecule has 0 saturated heterocycles. The van der Waals surface area contributed by atoms with Crippen LogP contribution in [0.1, 0.15) is 103 Å². The molecule has 3 nitrogen and oxygen atoms in total. The maximum atomic E-state index is 11.6. The number of esters is 1. The van der Waals surface area contributed by atoms with Crippen LogP contribution in [0.4, 0.5) is 0 Å². The molecule has 0 spiro atoms. The lowest BCUT2D eigenvalue weighted by Crippen LogP contribution is -2.03. The highest BCUT2D eigenvalue weighted by Gasteiger charge is 2.04. The van der Waals surface area contributed by atoms with Crippen molar-refractivity contribution in [1.29, 1.82) is 0 Å². The molecule has 0 N–H and O–H groups in total. The lowest BCUT2D eigenvalue weighted by atomic mass is 10.0. The molecule has 0 aliphatic heterocycles. The maximum absolute atomic E-state index is 11.6. The standard InChI is InChI=1S/C21H36O3/c1-2-3-4-5-6-7-8-9-10-11-12-13-14-17-21(22)24-19-20-16-15-18-23-20/h15-16,18H,2-14,17,19H2,1H3. The first kappa shape index (κ1) is 20.8. The summed E-state index contributed by atoms with van der Waals surface area (Å²) in [7, 11) is 0. The zero-order valence-corrected chi connectivity index (χ0v) is 15.6. The molecule has 0 aromatic carbocycles. The lowest BCUT2D eigenvalue weighted by Gasteiger charge is -2.04. The van der Waals surface area contributed by atoms with E-state index in [4.69, 9.17) is 9.15 Å². The number of carbonyl (C=O) groups is 1. The molecule has 138 valence electrons. The Morgan fingerprint density at radius 3 is 1.92 bits per heavy atom. The van der Waals surface area contributed by atoms with Gasteiger partial charge in [0.15, 0.2) is 0 Å². The fourth-order valence-corrected chi connectivity index (χ4v) is 2.91. The molecule has 0 saturated carbocycles. The smallest absolute Gasteiger partial charge is 0.306 e. The second kappa shape index (κ2) is 15.3. The molecule has 1 aromatic rings. The number of unbranched alkanes of at least 4 members (excludes halogenated alkanes) is 12. The Morgan fingerprint density at radius 1 is 0.875 bits per heavy atom. The molecular formula is C21H36O3. The first-order chi connectivity index (χ1) is 11.8. The Hall–Kier alpha value is -1.25. The second-order valence-electron chi connectivity index (χ2n) is 6.73. The predicted molar refractivity (Wildman–Crippen MR) is 98.8 cm³/mol. The summed E-state index contributed by atoms with van der Waals surface area (Å²) in [6.07, 6.45) is 19.2. The van der Waals surface area contributed by atoms with E-state index < -0.39 is 0 Å². The van der Waals surface area contributed by atoms with Crippen LogP contribution < -0.4 is 0 Å². The summed E-state index contributed by atoms with van der Waals surface area (Å²) in [5.74, 6) is 0.586. The van der Waals surface area contributed by atoms with Gasteiger partial charge in [-0.2, -0.15) is 0 Å². The molecule has 1 rings (SSSR count). The van der Waals surface area contributed by atoms with Crippen LogP contribution in [0.3, 0.4) is 0 Å². The molecule has 1 heterocycles. The van der Waals surface area contributed by atoms with Gasteiger partial charge in [0.05, 0.1) is 6.26 Å². The van der Waals surface area contributed by atoms with Crippen LogP contribution in [-0.4, -0.2) is 5.97 Å². The number of hydrogen-bond acceptors (Lipinski definition) is 3. The summed E-state index contributed by atoms with van der Waals surface area (Å²) in [6.45, 7) is 2.52. The second-order valence-corrected chi connectivity index (χ2v) is 6.73. The zero-order valence-electron chi connectivity index (χ0n) is 15.6. The summed E-state index contributed by atoms with van der Waals surface area (Å²) >= 11 is 0. The molecule has 3 heteroatoms. The Labute approximate surface area is 148 Å². The molecule has 0 radical (unpaired) electrons. The summed E-state index contributed by atoms with van der Waals surface area (Å²) < 4.78 is 10.3. The Balaban J connectivity index is 1.76. The van der Waals surface area contributed by atoms with Crippen LogP contribution >= 0.6 is 0 Å². The molecule has 0 atom stereocenters. The minimum absolute atomic E-state index is 0.116. The van der Waals surface area contributed by atoms with Crippen molar-refractivity contribution in [3.8, 4) is 0 Å². The Morgan fingerprint density at radius 2 is 1.42 bits per heavy atom. The molecule has 0 unspecified atom stereocenters. The van der Waals surface area contributed by atoms with E-state index in [1.807, 2.05) is 6.07 Å². The van der Waals surface area contributed by atoms with Crippen molar-refractivity contribution in [1.82, 2.24) is 0 Å². The first-order valence-electron chi connectivity index (χ1n) is 10.0. The minimum Gasteiger partial charge on any atom is -0.466 e. The van der Waals surface area contributed by atoms with Gasteiger partial charge in [-0.05, 0) is 18.6 Å². The Kier molecular flexibility index (Phi) is 13.2. The average molecular weight is 337 g/mol. The van der Waals surface area contributed by atoms with Crippen LogP contribution in [0.15, 0.2) is 22.8 Å². The topological polar surface area (TPSA) is 39.4 Å². The molecule has 0 bridgehead atoms. The van der Waals surface area contributed by atoms with E-state index in [9.17, 15) is 4.79 Å². The van der Waals surface area contributed by atoms with Crippen molar-refractivity contribution in [3.05, 3.63) is 24.2 Å². The van der Waals surface area contributed by atoms with Crippen molar-refractivity contribution in [2.45, 2.75) is 103 Å². The largest absolute Gasteiger partial charge is 0.466 e. The quantitative estimate of drug-likeness (QED) is 0.246. The molecule has 0 fully saturated rings. The Bertz CT molecular complexity index is 384. The predicted octanol–water partition coefficient (Wildman–Crippen LogP) is 6.80.